The lowest BCUT2D eigenvalue weighted by atomic mass is 9.97. The van der Waals surface area contributed by atoms with Crippen LogP contribution < -0.4 is 10.6 Å². The first-order valence-electron chi connectivity index (χ1n) is 8.30. The summed E-state index contributed by atoms with van der Waals surface area (Å²) in [4.78, 5) is 0. The molecule has 3 unspecified atom stereocenters. The first-order chi connectivity index (χ1) is 10.6. The molecule has 0 amide bonds. The molecule has 118 valence electrons. The van der Waals surface area contributed by atoms with Gasteiger partial charge in [0.05, 0.1) is 0 Å². The summed E-state index contributed by atoms with van der Waals surface area (Å²) in [5, 5.41) is 3.01. The molecule has 0 aliphatic rings. The largest absolute Gasteiger partial charge is 0.134 e. The van der Waals surface area contributed by atoms with Gasteiger partial charge >= 0.3 is 0 Å². The molecular formula is C20H28P2. The van der Waals surface area contributed by atoms with Crippen LogP contribution in [0.15, 0.2) is 60.7 Å². The molecule has 2 aromatic carbocycles. The van der Waals surface area contributed by atoms with Crippen LogP contribution in [0.1, 0.15) is 33.6 Å². The highest BCUT2D eigenvalue weighted by Crippen LogP contribution is 2.45. The van der Waals surface area contributed by atoms with Crippen LogP contribution in [-0.2, 0) is 0 Å². The topological polar surface area (TPSA) is 0 Å². The summed E-state index contributed by atoms with van der Waals surface area (Å²) in [5.74, 6) is 0.751. The molecule has 0 nitrogen and oxygen atoms in total. The van der Waals surface area contributed by atoms with Crippen LogP contribution in [0.5, 0.6) is 0 Å². The predicted octanol–water partition coefficient (Wildman–Crippen LogP) is 5.19. The van der Waals surface area contributed by atoms with E-state index in [4.69, 9.17) is 0 Å². The highest BCUT2D eigenvalue weighted by molar-refractivity contribution is 7.73. The van der Waals surface area contributed by atoms with Crippen molar-refractivity contribution in [2.75, 3.05) is 0 Å². The van der Waals surface area contributed by atoms with Gasteiger partial charge in [-0.2, -0.15) is 0 Å². The first-order valence-corrected chi connectivity index (χ1v) is 10.4. The van der Waals surface area contributed by atoms with Crippen molar-refractivity contribution < 1.29 is 0 Å². The van der Waals surface area contributed by atoms with E-state index in [-0.39, 0.29) is 7.92 Å². The second-order valence-electron chi connectivity index (χ2n) is 6.09. The Labute approximate surface area is 139 Å². The van der Waals surface area contributed by atoms with Gasteiger partial charge < -0.3 is 0 Å². The van der Waals surface area contributed by atoms with Gasteiger partial charge in [-0.05, 0) is 42.2 Å². The third-order valence-corrected chi connectivity index (χ3v) is 7.79. The Hall–Kier alpha value is -0.700. The average Bonchev–Trinajstić information content (AvgIpc) is 2.54. The summed E-state index contributed by atoms with van der Waals surface area (Å²) in [5.41, 5.74) is 1.35. The Morgan fingerprint density at radius 2 is 1.32 bits per heavy atom. The maximum absolute atomic E-state index is 3.05. The van der Waals surface area contributed by atoms with Gasteiger partial charge in [-0.1, -0.05) is 87.9 Å². The Morgan fingerprint density at radius 3 is 1.68 bits per heavy atom. The van der Waals surface area contributed by atoms with Gasteiger partial charge in [0.25, 0.3) is 0 Å². The predicted molar refractivity (Wildman–Crippen MR) is 106 cm³/mol. The van der Waals surface area contributed by atoms with Crippen LogP contribution in [0.4, 0.5) is 0 Å². The maximum atomic E-state index is 3.05. The second-order valence-corrected chi connectivity index (χ2v) is 9.73. The van der Waals surface area contributed by atoms with Crippen LogP contribution >= 0.6 is 17.2 Å². The fourth-order valence-electron chi connectivity index (χ4n) is 3.26. The fraction of sp³-hybridized carbons (Fsp3) is 0.400. The number of rotatable bonds is 7. The lowest BCUT2D eigenvalue weighted by molar-refractivity contribution is 0.469. The van der Waals surface area contributed by atoms with E-state index in [1.54, 1.807) is 0 Å². The van der Waals surface area contributed by atoms with Crippen molar-refractivity contribution in [3.8, 4) is 0 Å². The van der Waals surface area contributed by atoms with E-state index in [2.05, 4.69) is 90.7 Å². The van der Waals surface area contributed by atoms with Crippen LogP contribution in [0.25, 0.3) is 0 Å². The van der Waals surface area contributed by atoms with E-state index in [1.165, 1.54) is 23.5 Å². The summed E-state index contributed by atoms with van der Waals surface area (Å²) in [6, 6.07) is 22.2. The standard InChI is InChI=1S/C20H28P2/c1-4-11-20(16(2)21)17(3)22(18-12-7-5-8-13-18)19-14-9-6-10-15-19/h5-10,12-17,20H,4,11,21H2,1-3H3/t16-,17?,20?/m1/s1. The Balaban J connectivity index is 2.40. The zero-order valence-corrected chi connectivity index (χ0v) is 16.0. The van der Waals surface area contributed by atoms with E-state index < -0.39 is 0 Å². The average molecular weight is 330 g/mol. The quantitative estimate of drug-likeness (QED) is 0.613. The van der Waals surface area contributed by atoms with E-state index in [1.807, 2.05) is 0 Å². The van der Waals surface area contributed by atoms with Crippen LogP contribution in [-0.4, -0.2) is 11.3 Å². The summed E-state index contributed by atoms with van der Waals surface area (Å²) in [6.45, 7) is 7.12. The van der Waals surface area contributed by atoms with E-state index in [9.17, 15) is 0 Å². The monoisotopic (exact) mass is 330 g/mol. The molecule has 0 aliphatic heterocycles. The van der Waals surface area contributed by atoms with Crippen molar-refractivity contribution >= 4 is 27.8 Å². The summed E-state index contributed by atoms with van der Waals surface area (Å²) < 4.78 is 0. The van der Waals surface area contributed by atoms with Gasteiger partial charge in [0, 0.05) is 0 Å². The number of benzene rings is 2. The molecule has 0 saturated heterocycles. The molecular weight excluding hydrogens is 302 g/mol. The molecule has 0 saturated carbocycles. The van der Waals surface area contributed by atoms with Gasteiger partial charge in [0.2, 0.25) is 0 Å². The minimum atomic E-state index is -0.309. The number of hydrogen-bond donors (Lipinski definition) is 0. The normalized spacial score (nSPS) is 15.5. The van der Waals surface area contributed by atoms with Crippen LogP contribution in [0.2, 0.25) is 0 Å². The molecule has 2 aromatic rings. The summed E-state index contributed by atoms with van der Waals surface area (Å²) >= 11 is 0. The Bertz CT molecular complexity index is 497. The summed E-state index contributed by atoms with van der Waals surface area (Å²) in [7, 11) is 2.74. The SMILES string of the molecule is CCCC(C(C)P(c1ccccc1)c1ccccc1)[C@@H](C)P. The molecule has 0 N–H and O–H groups in total. The molecule has 2 rings (SSSR count). The zero-order chi connectivity index (χ0) is 15.9. The molecule has 0 aromatic heterocycles. The molecule has 0 bridgehead atoms. The Morgan fingerprint density at radius 1 is 0.864 bits per heavy atom. The third kappa shape index (κ3) is 4.41. The first kappa shape index (κ1) is 17.7. The minimum absolute atomic E-state index is 0.309. The van der Waals surface area contributed by atoms with Crippen molar-refractivity contribution in [2.45, 2.75) is 44.9 Å². The van der Waals surface area contributed by atoms with Gasteiger partial charge in [-0.25, -0.2) is 0 Å². The molecule has 0 aliphatic carbocycles. The van der Waals surface area contributed by atoms with E-state index >= 15 is 0 Å². The highest BCUT2D eigenvalue weighted by atomic mass is 31.1. The molecule has 0 heterocycles. The molecule has 0 fully saturated rings. The molecule has 2 heteroatoms. The van der Waals surface area contributed by atoms with E-state index in [0.717, 1.165) is 5.92 Å². The maximum Gasteiger partial charge on any atom is -0.0123 e. The number of hydrogen-bond acceptors (Lipinski definition) is 0. The Kier molecular flexibility index (Phi) is 7.07. The van der Waals surface area contributed by atoms with Crippen molar-refractivity contribution in [1.29, 1.82) is 0 Å². The lowest BCUT2D eigenvalue weighted by Crippen LogP contribution is -2.30. The highest BCUT2D eigenvalue weighted by Gasteiger charge is 2.29. The second kappa shape index (κ2) is 8.81. The van der Waals surface area contributed by atoms with Crippen LogP contribution in [0, 0.1) is 5.92 Å². The van der Waals surface area contributed by atoms with Gasteiger partial charge in [-0.3, -0.25) is 0 Å². The molecule has 22 heavy (non-hydrogen) atoms. The van der Waals surface area contributed by atoms with Crippen molar-refractivity contribution in [2.24, 2.45) is 5.92 Å². The van der Waals surface area contributed by atoms with Gasteiger partial charge in [0.15, 0.2) is 0 Å². The smallest absolute Gasteiger partial charge is 0.0123 e. The van der Waals surface area contributed by atoms with Crippen LogP contribution in [0.3, 0.4) is 0 Å². The van der Waals surface area contributed by atoms with Gasteiger partial charge in [0.1, 0.15) is 0 Å². The van der Waals surface area contributed by atoms with Crippen molar-refractivity contribution in [1.82, 2.24) is 0 Å². The zero-order valence-electron chi connectivity index (χ0n) is 13.9. The molecule has 4 atom stereocenters. The van der Waals surface area contributed by atoms with E-state index in [0.29, 0.717) is 11.3 Å². The molecule has 0 spiro atoms. The summed E-state index contributed by atoms with van der Waals surface area (Å²) in [6.07, 6.45) is 2.57. The van der Waals surface area contributed by atoms with Crippen molar-refractivity contribution in [3.63, 3.8) is 0 Å². The third-order valence-electron chi connectivity index (χ3n) is 4.39. The molecule has 0 radical (unpaired) electrons. The van der Waals surface area contributed by atoms with Gasteiger partial charge in [-0.15, -0.1) is 9.24 Å². The van der Waals surface area contributed by atoms with Crippen molar-refractivity contribution in [3.05, 3.63) is 60.7 Å². The minimum Gasteiger partial charge on any atom is -0.134 e. The fourth-order valence-corrected chi connectivity index (χ4v) is 7.01. The lowest BCUT2D eigenvalue weighted by Gasteiger charge is -2.34.